The minimum absolute atomic E-state index is 0.0109. The predicted octanol–water partition coefficient (Wildman–Crippen LogP) is 1.88. The molecule has 0 saturated carbocycles. The Morgan fingerprint density at radius 2 is 2.21 bits per heavy atom. The van der Waals surface area contributed by atoms with E-state index >= 15 is 0 Å². The van der Waals surface area contributed by atoms with Gasteiger partial charge in [0.1, 0.15) is 5.75 Å². The fourth-order valence-corrected chi connectivity index (χ4v) is 1.35. The van der Waals surface area contributed by atoms with E-state index in [1.165, 1.54) is 0 Å². The molecule has 0 heterocycles. The molecule has 1 N–H and O–H groups in total. The number of hydrogen-bond acceptors (Lipinski definition) is 2. The van der Waals surface area contributed by atoms with Gasteiger partial charge in [0.05, 0.1) is 13.5 Å². The lowest BCUT2D eigenvalue weighted by Gasteiger charge is -2.07. The minimum Gasteiger partial charge on any atom is -0.496 e. The molecule has 76 valence electrons. The number of rotatable bonds is 4. The molecule has 0 aliphatic heterocycles. The summed E-state index contributed by atoms with van der Waals surface area (Å²) < 4.78 is 5.08. The van der Waals surface area contributed by atoms with Crippen LogP contribution in [-0.4, -0.2) is 18.2 Å². The second kappa shape index (κ2) is 4.65. The first kappa shape index (κ1) is 10.6. The van der Waals surface area contributed by atoms with Crippen LogP contribution in [0.3, 0.4) is 0 Å². The standard InChI is InChI=1S/C11H14O3/c1-3-8-4-5-10(14-2)9(6-8)7-11(12)13/h4-6H,3,7H2,1-2H3,(H,12,13). The van der Waals surface area contributed by atoms with Crippen molar-refractivity contribution in [1.82, 2.24) is 0 Å². The van der Waals surface area contributed by atoms with Crippen LogP contribution >= 0.6 is 0 Å². The molecule has 0 amide bonds. The van der Waals surface area contributed by atoms with Crippen molar-refractivity contribution in [2.75, 3.05) is 7.11 Å². The average molecular weight is 194 g/mol. The molecule has 0 aromatic heterocycles. The van der Waals surface area contributed by atoms with Gasteiger partial charge in [-0.3, -0.25) is 4.79 Å². The van der Waals surface area contributed by atoms with Gasteiger partial charge in [-0.2, -0.15) is 0 Å². The first-order valence-electron chi connectivity index (χ1n) is 4.55. The summed E-state index contributed by atoms with van der Waals surface area (Å²) in [6.07, 6.45) is 0.910. The van der Waals surface area contributed by atoms with E-state index in [0.29, 0.717) is 5.75 Å². The second-order valence-corrected chi connectivity index (χ2v) is 3.07. The Labute approximate surface area is 83.3 Å². The SMILES string of the molecule is CCc1ccc(OC)c(CC(=O)O)c1. The minimum atomic E-state index is -0.837. The summed E-state index contributed by atoms with van der Waals surface area (Å²) in [6, 6.07) is 5.65. The van der Waals surface area contributed by atoms with Crippen molar-refractivity contribution in [3.8, 4) is 5.75 Å². The second-order valence-electron chi connectivity index (χ2n) is 3.07. The Bertz CT molecular complexity index is 331. The maximum atomic E-state index is 10.6. The molecule has 0 spiro atoms. The van der Waals surface area contributed by atoms with E-state index in [-0.39, 0.29) is 6.42 Å². The Hall–Kier alpha value is -1.51. The third-order valence-electron chi connectivity index (χ3n) is 2.09. The van der Waals surface area contributed by atoms with Crippen LogP contribution in [0.15, 0.2) is 18.2 Å². The highest BCUT2D eigenvalue weighted by Gasteiger charge is 2.07. The van der Waals surface area contributed by atoms with Crippen molar-refractivity contribution < 1.29 is 14.6 Å². The van der Waals surface area contributed by atoms with Crippen molar-refractivity contribution in [3.05, 3.63) is 29.3 Å². The third kappa shape index (κ3) is 2.49. The highest BCUT2D eigenvalue weighted by atomic mass is 16.5. The normalized spacial score (nSPS) is 9.86. The van der Waals surface area contributed by atoms with E-state index in [9.17, 15) is 4.79 Å². The molecule has 14 heavy (non-hydrogen) atoms. The largest absolute Gasteiger partial charge is 0.496 e. The number of hydrogen-bond donors (Lipinski definition) is 1. The van der Waals surface area contributed by atoms with E-state index in [2.05, 4.69) is 0 Å². The van der Waals surface area contributed by atoms with Gasteiger partial charge in [0.15, 0.2) is 0 Å². The summed E-state index contributed by atoms with van der Waals surface area (Å²) in [5.41, 5.74) is 1.86. The quantitative estimate of drug-likeness (QED) is 0.796. The van der Waals surface area contributed by atoms with E-state index < -0.39 is 5.97 Å². The van der Waals surface area contributed by atoms with Gasteiger partial charge in [-0.25, -0.2) is 0 Å². The van der Waals surface area contributed by atoms with Crippen LogP contribution in [0.1, 0.15) is 18.1 Å². The molecule has 3 heteroatoms. The predicted molar refractivity (Wildman–Crippen MR) is 53.7 cm³/mol. The molecule has 0 unspecified atom stereocenters. The van der Waals surface area contributed by atoms with Gasteiger partial charge in [-0.15, -0.1) is 0 Å². The Morgan fingerprint density at radius 1 is 1.50 bits per heavy atom. The van der Waals surface area contributed by atoms with Crippen LogP contribution in [0.2, 0.25) is 0 Å². The van der Waals surface area contributed by atoms with Gasteiger partial charge in [-0.1, -0.05) is 19.1 Å². The zero-order chi connectivity index (χ0) is 10.6. The molecule has 0 radical (unpaired) electrons. The molecule has 0 atom stereocenters. The first-order valence-corrected chi connectivity index (χ1v) is 4.55. The van der Waals surface area contributed by atoms with Crippen molar-refractivity contribution in [3.63, 3.8) is 0 Å². The van der Waals surface area contributed by atoms with Crippen LogP contribution in [0.25, 0.3) is 0 Å². The van der Waals surface area contributed by atoms with Crippen molar-refractivity contribution in [2.24, 2.45) is 0 Å². The lowest BCUT2D eigenvalue weighted by atomic mass is 10.1. The molecule has 0 aliphatic carbocycles. The number of carboxylic acid groups (broad SMARTS) is 1. The highest BCUT2D eigenvalue weighted by molar-refractivity contribution is 5.71. The number of ether oxygens (including phenoxy) is 1. The zero-order valence-corrected chi connectivity index (χ0v) is 8.41. The molecule has 0 saturated heterocycles. The van der Waals surface area contributed by atoms with Crippen LogP contribution in [-0.2, 0) is 17.6 Å². The average Bonchev–Trinajstić information content (AvgIpc) is 2.16. The van der Waals surface area contributed by atoms with Gasteiger partial charge >= 0.3 is 5.97 Å². The lowest BCUT2D eigenvalue weighted by Crippen LogP contribution is -2.03. The molecule has 1 rings (SSSR count). The van der Waals surface area contributed by atoms with Crippen molar-refractivity contribution in [1.29, 1.82) is 0 Å². The van der Waals surface area contributed by atoms with Crippen molar-refractivity contribution >= 4 is 5.97 Å². The molecule has 0 bridgehead atoms. The van der Waals surface area contributed by atoms with Gasteiger partial charge < -0.3 is 9.84 Å². The molecule has 0 aliphatic rings. The summed E-state index contributed by atoms with van der Waals surface area (Å²) in [6.45, 7) is 2.03. The van der Waals surface area contributed by atoms with Crippen LogP contribution in [0, 0.1) is 0 Å². The number of aryl methyl sites for hydroxylation is 1. The highest BCUT2D eigenvalue weighted by Crippen LogP contribution is 2.20. The van der Waals surface area contributed by atoms with Gasteiger partial charge in [0.25, 0.3) is 0 Å². The molecule has 1 aromatic carbocycles. The summed E-state index contributed by atoms with van der Waals surface area (Å²) in [4.78, 5) is 10.6. The fraction of sp³-hybridized carbons (Fsp3) is 0.364. The van der Waals surface area contributed by atoms with Gasteiger partial charge in [0, 0.05) is 5.56 Å². The smallest absolute Gasteiger partial charge is 0.307 e. The number of aliphatic carboxylic acids is 1. The van der Waals surface area contributed by atoms with Crippen LogP contribution in [0.4, 0.5) is 0 Å². The van der Waals surface area contributed by atoms with E-state index in [1.54, 1.807) is 7.11 Å². The maximum Gasteiger partial charge on any atom is 0.307 e. The summed E-state index contributed by atoms with van der Waals surface area (Å²) in [5.74, 6) is -0.193. The molecular formula is C11H14O3. The third-order valence-corrected chi connectivity index (χ3v) is 2.09. The van der Waals surface area contributed by atoms with E-state index in [4.69, 9.17) is 9.84 Å². The summed E-state index contributed by atoms with van der Waals surface area (Å²) in [5, 5.41) is 8.69. The van der Waals surface area contributed by atoms with E-state index in [0.717, 1.165) is 17.5 Å². The fourth-order valence-electron chi connectivity index (χ4n) is 1.35. The summed E-state index contributed by atoms with van der Waals surface area (Å²) >= 11 is 0. The monoisotopic (exact) mass is 194 g/mol. The molecule has 0 fully saturated rings. The van der Waals surface area contributed by atoms with Crippen LogP contribution in [0.5, 0.6) is 5.75 Å². The molecule has 3 nitrogen and oxygen atoms in total. The summed E-state index contributed by atoms with van der Waals surface area (Å²) in [7, 11) is 1.55. The number of methoxy groups -OCH3 is 1. The van der Waals surface area contributed by atoms with E-state index in [1.807, 2.05) is 25.1 Å². The number of carboxylic acids is 1. The van der Waals surface area contributed by atoms with Crippen LogP contribution < -0.4 is 4.74 Å². The molecule has 1 aromatic rings. The first-order chi connectivity index (χ1) is 6.67. The topological polar surface area (TPSA) is 46.5 Å². The maximum absolute atomic E-state index is 10.6. The Balaban J connectivity index is 3.01. The van der Waals surface area contributed by atoms with Gasteiger partial charge in [-0.05, 0) is 18.1 Å². The number of carbonyl (C=O) groups is 1. The molecular weight excluding hydrogens is 180 g/mol. The lowest BCUT2D eigenvalue weighted by molar-refractivity contribution is -0.136. The Morgan fingerprint density at radius 3 is 2.71 bits per heavy atom. The Kier molecular flexibility index (Phi) is 3.51. The van der Waals surface area contributed by atoms with Crippen molar-refractivity contribution in [2.45, 2.75) is 19.8 Å². The zero-order valence-electron chi connectivity index (χ0n) is 8.41. The number of benzene rings is 1. The van der Waals surface area contributed by atoms with Gasteiger partial charge in [0.2, 0.25) is 0 Å².